The number of ether oxygens (including phenoxy) is 3. The summed E-state index contributed by atoms with van der Waals surface area (Å²) in [5.41, 5.74) is 5.30. The lowest BCUT2D eigenvalue weighted by Crippen LogP contribution is -2.67. The average Bonchev–Trinajstić information content (AvgIpc) is 2.98. The van der Waals surface area contributed by atoms with Crippen LogP contribution < -0.4 is 11.1 Å². The summed E-state index contributed by atoms with van der Waals surface area (Å²) < 4.78 is 15.7. The van der Waals surface area contributed by atoms with Crippen molar-refractivity contribution in [1.29, 1.82) is 0 Å². The maximum Gasteiger partial charge on any atom is 0.372 e. The fourth-order valence-corrected chi connectivity index (χ4v) is 4.18. The predicted octanol–water partition coefficient (Wildman–Crippen LogP) is -9.46. The summed E-state index contributed by atoms with van der Waals surface area (Å²) in [6.07, 6.45) is -21.5. The largest absolute Gasteiger partial charge is 0.475 e. The third-order valence-corrected chi connectivity index (χ3v) is 6.78. The highest BCUT2D eigenvalue weighted by atomic mass is 16.7. The molecule has 21 nitrogen and oxygen atoms in total. The minimum Gasteiger partial charge on any atom is -0.475 e. The minimum atomic E-state index is -1.83. The molecule has 15 atom stereocenters. The van der Waals surface area contributed by atoms with Crippen molar-refractivity contribution in [2.75, 3.05) is 19.8 Å². The third-order valence-electron chi connectivity index (χ3n) is 6.78. The molecule has 2 aliphatic rings. The lowest BCUT2D eigenvalue weighted by Gasteiger charge is -2.46. The topological polar surface area (TPSA) is 380 Å². The van der Waals surface area contributed by atoms with Gasteiger partial charge in [0.15, 0.2) is 12.6 Å². The summed E-state index contributed by atoms with van der Waals surface area (Å²) in [5.74, 6) is -3.63. The number of nitrogens with one attached hydrogen (secondary N) is 1. The normalized spacial score (nSPS) is 35.7. The Hall–Kier alpha value is -2.03. The number of carboxylic acids is 1. The monoisotopic (exact) mass is 650 g/mol. The highest BCUT2D eigenvalue weighted by Crippen LogP contribution is 2.28. The lowest BCUT2D eigenvalue weighted by molar-refractivity contribution is -0.345. The SMILES string of the molecule is CC(=O)N[C@@H]1[C@@H](O)[C@H](O[C@@H]2O[C@H](CO)[C@H](O)[C@H](O)[C@H]2O)[C@@H](CO)O[C@H]1O.N[C@@H]([C@@H](O)[C@H](O)[C@H](O)CO)[C@@H](O)CC(=O)C(=O)O. The third kappa shape index (κ3) is 10.5. The van der Waals surface area contributed by atoms with E-state index in [0.29, 0.717) is 0 Å². The van der Waals surface area contributed by atoms with Crippen LogP contribution >= 0.6 is 0 Å². The Balaban J connectivity index is 0.000000474. The van der Waals surface area contributed by atoms with Gasteiger partial charge in [0, 0.05) is 13.3 Å². The van der Waals surface area contributed by atoms with Gasteiger partial charge in [-0.2, -0.15) is 0 Å². The second-order valence-corrected chi connectivity index (χ2v) is 10.1. The lowest BCUT2D eigenvalue weighted by atomic mass is 9.95. The number of ketones is 1. The number of hydrogen-bond acceptors (Lipinski definition) is 19. The number of carboxylic acid groups (broad SMARTS) is 1. The summed E-state index contributed by atoms with van der Waals surface area (Å²) >= 11 is 0. The van der Waals surface area contributed by atoms with Gasteiger partial charge in [-0.3, -0.25) is 9.59 Å². The van der Waals surface area contributed by atoms with E-state index in [1.54, 1.807) is 0 Å². The molecule has 44 heavy (non-hydrogen) atoms. The smallest absolute Gasteiger partial charge is 0.372 e. The van der Waals surface area contributed by atoms with Crippen molar-refractivity contribution in [3.63, 3.8) is 0 Å². The first-order valence-electron chi connectivity index (χ1n) is 13.1. The van der Waals surface area contributed by atoms with Crippen LogP contribution in [0.5, 0.6) is 0 Å². The van der Waals surface area contributed by atoms with Crippen molar-refractivity contribution in [3.8, 4) is 0 Å². The van der Waals surface area contributed by atoms with Gasteiger partial charge < -0.3 is 91.6 Å². The Labute approximate surface area is 249 Å². The highest BCUT2D eigenvalue weighted by Gasteiger charge is 2.50. The molecule has 2 heterocycles. The van der Waals surface area contributed by atoms with Crippen LogP contribution in [0.1, 0.15) is 13.3 Å². The second kappa shape index (κ2) is 18.2. The van der Waals surface area contributed by atoms with Crippen molar-refractivity contribution in [2.24, 2.45) is 5.73 Å². The number of rotatable bonds is 13. The standard InChI is InChI=1S/C14H25NO11.C9H17NO8/c1-4(18)15-7-9(20)12(6(3-17)24-13(7)23)26-14-11(22)10(21)8(19)5(2-16)25-14;10-6(3(12)1-4(13)9(17)18)8(16)7(15)5(14)2-11/h5-14,16-17,19-23H,2-3H2,1H3,(H,15,18);3,5-8,11-12,14-16H,1-2,10H2,(H,17,18)/t5-,6-,7-,8+,9-,10+,11-,12-,13-,14+;3-,5+,6+,7+,8+/m10/s1. The van der Waals surface area contributed by atoms with Crippen molar-refractivity contribution in [3.05, 3.63) is 0 Å². The molecule has 16 N–H and O–H groups in total. The Kier molecular flexibility index (Phi) is 16.5. The van der Waals surface area contributed by atoms with Gasteiger partial charge in [-0.1, -0.05) is 0 Å². The van der Waals surface area contributed by atoms with E-state index < -0.39 is 136 Å². The fraction of sp³-hybridized carbons (Fsp3) is 0.870. The molecule has 258 valence electrons. The molecule has 0 aromatic heterocycles. The number of aliphatic hydroxyl groups is 12. The molecule has 2 rings (SSSR count). The summed E-state index contributed by atoms with van der Waals surface area (Å²) in [6, 6.07) is -2.84. The number of carbonyl (C=O) groups is 3. The molecule has 0 aromatic rings. The van der Waals surface area contributed by atoms with Gasteiger partial charge in [0.2, 0.25) is 11.7 Å². The van der Waals surface area contributed by atoms with Crippen molar-refractivity contribution >= 4 is 17.7 Å². The Morgan fingerprint density at radius 1 is 0.818 bits per heavy atom. The van der Waals surface area contributed by atoms with Crippen molar-refractivity contribution in [1.82, 2.24) is 5.32 Å². The van der Waals surface area contributed by atoms with Gasteiger partial charge >= 0.3 is 5.97 Å². The van der Waals surface area contributed by atoms with Crippen LogP contribution in [0.2, 0.25) is 0 Å². The summed E-state index contributed by atoms with van der Waals surface area (Å²) in [5, 5.41) is 125. The van der Waals surface area contributed by atoms with Crippen LogP contribution in [0.3, 0.4) is 0 Å². The second-order valence-electron chi connectivity index (χ2n) is 10.1. The molecule has 0 spiro atoms. The molecule has 0 radical (unpaired) electrons. The van der Waals surface area contributed by atoms with E-state index in [9.17, 15) is 65.4 Å². The minimum absolute atomic E-state index is 0.564. The molecule has 2 aliphatic heterocycles. The summed E-state index contributed by atoms with van der Waals surface area (Å²) in [4.78, 5) is 32.3. The van der Waals surface area contributed by atoms with E-state index in [2.05, 4.69) is 5.32 Å². The van der Waals surface area contributed by atoms with E-state index in [0.717, 1.165) is 6.92 Å². The Morgan fingerprint density at radius 3 is 1.86 bits per heavy atom. The Bertz CT molecular complexity index is 913. The zero-order chi connectivity index (χ0) is 34.0. The molecule has 2 saturated heterocycles. The molecular weight excluding hydrogens is 608 g/mol. The number of amides is 1. The maximum atomic E-state index is 11.2. The van der Waals surface area contributed by atoms with E-state index in [1.807, 2.05) is 0 Å². The molecule has 21 heteroatoms. The first-order chi connectivity index (χ1) is 20.4. The van der Waals surface area contributed by atoms with Gasteiger partial charge in [-0.05, 0) is 0 Å². The fourth-order valence-electron chi connectivity index (χ4n) is 4.18. The molecule has 1 amide bonds. The summed E-state index contributed by atoms with van der Waals surface area (Å²) in [7, 11) is 0. The van der Waals surface area contributed by atoms with Crippen LogP contribution in [-0.4, -0.2) is 196 Å². The quantitative estimate of drug-likeness (QED) is 0.0822. The van der Waals surface area contributed by atoms with Crippen LogP contribution in [0, 0.1) is 0 Å². The number of nitrogens with two attached hydrogens (primary N) is 1. The van der Waals surface area contributed by atoms with E-state index in [4.69, 9.17) is 35.3 Å². The number of aliphatic hydroxyl groups excluding tert-OH is 12. The highest BCUT2D eigenvalue weighted by molar-refractivity contribution is 6.32. The molecule has 0 aliphatic carbocycles. The number of aliphatic carboxylic acids is 1. The van der Waals surface area contributed by atoms with Gasteiger partial charge in [-0.25, -0.2) is 4.79 Å². The number of carbonyl (C=O) groups excluding carboxylic acids is 2. The van der Waals surface area contributed by atoms with E-state index in [-0.39, 0.29) is 0 Å². The zero-order valence-corrected chi connectivity index (χ0v) is 23.3. The molecular formula is C23H42N2O19. The maximum absolute atomic E-state index is 11.2. The molecule has 0 aromatic carbocycles. The first kappa shape index (κ1) is 40.0. The molecule has 0 saturated carbocycles. The van der Waals surface area contributed by atoms with E-state index >= 15 is 0 Å². The molecule has 0 unspecified atom stereocenters. The number of hydrogen-bond donors (Lipinski definition) is 15. The molecule has 0 bridgehead atoms. The van der Waals surface area contributed by atoms with Gasteiger partial charge in [0.25, 0.3) is 0 Å². The number of Topliss-reactive ketones (excluding diaryl/α,β-unsaturated/α-hetero) is 1. The van der Waals surface area contributed by atoms with Crippen molar-refractivity contribution in [2.45, 2.75) is 105 Å². The Morgan fingerprint density at radius 2 is 1.39 bits per heavy atom. The van der Waals surface area contributed by atoms with Crippen LogP contribution in [0.4, 0.5) is 0 Å². The zero-order valence-electron chi connectivity index (χ0n) is 23.3. The van der Waals surface area contributed by atoms with Gasteiger partial charge in [-0.15, -0.1) is 0 Å². The van der Waals surface area contributed by atoms with Gasteiger partial charge in [0.1, 0.15) is 67.1 Å². The predicted molar refractivity (Wildman–Crippen MR) is 137 cm³/mol. The van der Waals surface area contributed by atoms with Crippen LogP contribution in [0.25, 0.3) is 0 Å². The van der Waals surface area contributed by atoms with E-state index in [1.165, 1.54) is 0 Å². The van der Waals surface area contributed by atoms with Crippen molar-refractivity contribution < 1.29 is 95.0 Å². The summed E-state index contributed by atoms with van der Waals surface area (Å²) in [6.45, 7) is -1.03. The average molecular weight is 651 g/mol. The van der Waals surface area contributed by atoms with Gasteiger partial charge in [0.05, 0.1) is 32.0 Å². The van der Waals surface area contributed by atoms with Crippen LogP contribution in [-0.2, 0) is 28.6 Å². The molecule has 2 fully saturated rings. The first-order valence-corrected chi connectivity index (χ1v) is 13.1. The van der Waals surface area contributed by atoms with Crippen LogP contribution in [0.15, 0.2) is 0 Å².